The summed E-state index contributed by atoms with van der Waals surface area (Å²) in [5.74, 6) is 0.309. The molecule has 0 fully saturated rings. The molecule has 0 spiro atoms. The van der Waals surface area contributed by atoms with Crippen LogP contribution in [-0.4, -0.2) is 48.1 Å². The van der Waals surface area contributed by atoms with Crippen molar-refractivity contribution in [2.45, 2.75) is 37.3 Å². The van der Waals surface area contributed by atoms with E-state index in [-0.39, 0.29) is 29.6 Å². The van der Waals surface area contributed by atoms with E-state index in [2.05, 4.69) is 10.4 Å². The molecule has 3 aromatic carbocycles. The lowest BCUT2D eigenvalue weighted by Gasteiger charge is -2.37. The van der Waals surface area contributed by atoms with Gasteiger partial charge in [0.25, 0.3) is 10.0 Å². The number of ether oxygens (including phenoxy) is 2. The van der Waals surface area contributed by atoms with Crippen molar-refractivity contribution in [1.29, 1.82) is 0 Å². The average Bonchev–Trinajstić information content (AvgIpc) is 3.32. The third-order valence-corrected chi connectivity index (χ3v) is 9.43. The van der Waals surface area contributed by atoms with Gasteiger partial charge in [-0.3, -0.25) is 9.48 Å². The van der Waals surface area contributed by atoms with Crippen molar-refractivity contribution in [1.82, 2.24) is 19.4 Å². The van der Waals surface area contributed by atoms with Gasteiger partial charge < -0.3 is 14.8 Å². The highest BCUT2D eigenvalue weighted by Crippen LogP contribution is 2.41. The predicted molar refractivity (Wildman–Crippen MR) is 154 cm³/mol. The second-order valence-corrected chi connectivity index (χ2v) is 12.4. The van der Waals surface area contributed by atoms with Crippen molar-refractivity contribution in [3.63, 3.8) is 0 Å². The quantitative estimate of drug-likeness (QED) is 0.371. The highest BCUT2D eigenvalue weighted by atomic mass is 32.2. The van der Waals surface area contributed by atoms with E-state index in [0.717, 1.165) is 16.7 Å². The lowest BCUT2D eigenvalue weighted by atomic mass is 9.89. The number of sulfonamides is 1. The molecule has 11 heteroatoms. The molecule has 9 nitrogen and oxygen atoms in total. The fourth-order valence-corrected chi connectivity index (χ4v) is 7.35. The van der Waals surface area contributed by atoms with Crippen LogP contribution in [0.1, 0.15) is 40.4 Å². The van der Waals surface area contributed by atoms with Crippen molar-refractivity contribution < 1.29 is 27.1 Å². The molecule has 1 atom stereocenters. The van der Waals surface area contributed by atoms with E-state index >= 15 is 0 Å². The summed E-state index contributed by atoms with van der Waals surface area (Å²) in [6.07, 6.45) is 1.09. The van der Waals surface area contributed by atoms with Crippen molar-refractivity contribution in [3.8, 4) is 17.2 Å². The molecular weight excluding hydrogens is 559 g/mol. The van der Waals surface area contributed by atoms with Crippen LogP contribution in [0.2, 0.25) is 0 Å². The minimum atomic E-state index is -3.94. The number of rotatable bonds is 2. The van der Waals surface area contributed by atoms with Gasteiger partial charge in [0.2, 0.25) is 5.91 Å². The highest BCUT2D eigenvalue weighted by molar-refractivity contribution is 7.89. The molecule has 0 saturated carbocycles. The first kappa shape index (κ1) is 27.9. The van der Waals surface area contributed by atoms with Crippen molar-refractivity contribution in [2.24, 2.45) is 7.05 Å². The van der Waals surface area contributed by atoms with Gasteiger partial charge in [0, 0.05) is 20.1 Å². The summed E-state index contributed by atoms with van der Waals surface area (Å²) < 4.78 is 57.8. The number of carbonyl (C=O) groups is 1. The zero-order valence-corrected chi connectivity index (χ0v) is 24.2. The summed E-state index contributed by atoms with van der Waals surface area (Å²) in [6.45, 7) is 2.75. The second kappa shape index (κ2) is 11.2. The third kappa shape index (κ3) is 5.49. The Hall–Kier alpha value is -4.22. The number of fused-ring (bicyclic) bond motifs is 7. The van der Waals surface area contributed by atoms with Crippen LogP contribution in [0.15, 0.2) is 71.8 Å². The summed E-state index contributed by atoms with van der Waals surface area (Å²) in [5.41, 5.74) is 3.67. The van der Waals surface area contributed by atoms with Crippen LogP contribution >= 0.6 is 0 Å². The zero-order valence-electron chi connectivity index (χ0n) is 23.3. The van der Waals surface area contributed by atoms with Crippen LogP contribution in [0.3, 0.4) is 0 Å². The summed E-state index contributed by atoms with van der Waals surface area (Å²) in [7, 11) is -2.32. The number of benzene rings is 3. The Morgan fingerprint density at radius 1 is 1.05 bits per heavy atom. The van der Waals surface area contributed by atoms with Gasteiger partial charge in [-0.15, -0.1) is 0 Å². The summed E-state index contributed by atoms with van der Waals surface area (Å²) in [6, 6.07) is 18.1. The topological polar surface area (TPSA) is 103 Å². The average molecular weight is 591 g/mol. The Labute approximate surface area is 243 Å². The lowest BCUT2D eigenvalue weighted by molar-refractivity contribution is -0.120. The Morgan fingerprint density at radius 2 is 1.90 bits per heavy atom. The molecule has 7 rings (SSSR count). The number of hydrogen-bond donors (Lipinski definition) is 1. The Morgan fingerprint density at radius 3 is 2.71 bits per heavy atom. The molecule has 8 bridgehead atoms. The first-order valence-electron chi connectivity index (χ1n) is 13.8. The van der Waals surface area contributed by atoms with Gasteiger partial charge in [-0.05, 0) is 84.5 Å². The maximum Gasteiger partial charge on any atom is 0.261 e. The maximum atomic E-state index is 14.7. The van der Waals surface area contributed by atoms with E-state index in [9.17, 15) is 17.6 Å². The van der Waals surface area contributed by atoms with Crippen molar-refractivity contribution in [3.05, 3.63) is 100 Å². The second-order valence-electron chi connectivity index (χ2n) is 10.5. The monoisotopic (exact) mass is 590 g/mol. The van der Waals surface area contributed by atoms with E-state index in [1.54, 1.807) is 32.2 Å². The number of amides is 1. The van der Waals surface area contributed by atoms with Gasteiger partial charge >= 0.3 is 0 Å². The zero-order chi connectivity index (χ0) is 29.4. The van der Waals surface area contributed by atoms with Crippen LogP contribution in [0, 0.1) is 12.7 Å². The number of carbonyl (C=O) groups excluding carboxylic acids is 1. The van der Waals surface area contributed by atoms with Gasteiger partial charge in [0.1, 0.15) is 11.5 Å². The first-order valence-corrected chi connectivity index (χ1v) is 15.2. The number of nitrogens with one attached hydrogen (secondary N) is 1. The molecule has 1 amide bonds. The fourth-order valence-electron chi connectivity index (χ4n) is 5.57. The van der Waals surface area contributed by atoms with Crippen LogP contribution in [0.4, 0.5) is 4.39 Å². The molecule has 4 heterocycles. The predicted octanol–water partition coefficient (Wildman–Crippen LogP) is 4.44. The van der Waals surface area contributed by atoms with Crippen LogP contribution in [0.5, 0.6) is 17.2 Å². The smallest absolute Gasteiger partial charge is 0.261 e. The highest BCUT2D eigenvalue weighted by Gasteiger charge is 2.39. The van der Waals surface area contributed by atoms with Crippen molar-refractivity contribution >= 4 is 15.9 Å². The van der Waals surface area contributed by atoms with Gasteiger partial charge in [-0.25, -0.2) is 12.8 Å². The van der Waals surface area contributed by atoms with Crippen LogP contribution < -0.4 is 14.8 Å². The minimum absolute atomic E-state index is 0.0161. The molecule has 3 aliphatic rings. The summed E-state index contributed by atoms with van der Waals surface area (Å²) in [4.78, 5) is 12.5. The Balaban J connectivity index is 1.46. The van der Waals surface area contributed by atoms with E-state index in [1.807, 2.05) is 36.4 Å². The van der Waals surface area contributed by atoms with Crippen LogP contribution in [0.25, 0.3) is 0 Å². The number of halogens is 1. The third-order valence-electron chi connectivity index (χ3n) is 7.50. The molecule has 0 saturated heterocycles. The molecule has 1 aromatic heterocycles. The maximum absolute atomic E-state index is 14.7. The van der Waals surface area contributed by atoms with Gasteiger partial charge in [-0.1, -0.05) is 24.3 Å². The SMILES string of the molecule is Cc1cc(S(=O)(=O)N2CCc3cc4ccc3C2c2cccc(c2)OCCCNC(=O)Cc2ccc(F)c(c2)O4)n(C)n1. The minimum Gasteiger partial charge on any atom is -0.494 e. The fraction of sp³-hybridized carbons (Fsp3) is 0.290. The summed E-state index contributed by atoms with van der Waals surface area (Å²) >= 11 is 0. The molecule has 0 aliphatic carbocycles. The number of aryl methyl sites for hydroxylation is 2. The molecule has 42 heavy (non-hydrogen) atoms. The van der Waals surface area contributed by atoms with Gasteiger partial charge in [0.15, 0.2) is 16.6 Å². The Bertz CT molecular complexity index is 1770. The van der Waals surface area contributed by atoms with E-state index in [0.29, 0.717) is 48.7 Å². The standard InChI is InChI=1S/C31H31FN4O5S/c1-20-15-30(35(2)34-20)42(38,39)36-13-11-22-18-25-8-9-26(22)31(36)23-5-3-6-24(19-23)40-14-4-12-33-29(37)17-21-7-10-27(32)28(16-21)41-25/h3,5-10,15-16,18-19,31H,4,11-14,17H2,1-2H3,(H,33,37). The van der Waals surface area contributed by atoms with E-state index in [4.69, 9.17) is 9.47 Å². The first-order chi connectivity index (χ1) is 20.2. The van der Waals surface area contributed by atoms with E-state index in [1.165, 1.54) is 21.1 Å². The number of nitrogens with zero attached hydrogens (tertiary/aromatic N) is 3. The largest absolute Gasteiger partial charge is 0.494 e. The van der Waals surface area contributed by atoms with Crippen LogP contribution in [-0.2, 0) is 34.7 Å². The molecule has 1 N–H and O–H groups in total. The molecule has 0 radical (unpaired) electrons. The number of aromatic nitrogens is 2. The Kier molecular flexibility index (Phi) is 7.46. The molecule has 3 aliphatic heterocycles. The lowest BCUT2D eigenvalue weighted by Crippen LogP contribution is -2.41. The van der Waals surface area contributed by atoms with Crippen molar-refractivity contribution in [2.75, 3.05) is 19.7 Å². The normalized spacial score (nSPS) is 17.8. The van der Waals surface area contributed by atoms with Gasteiger partial charge in [0.05, 0.1) is 24.8 Å². The van der Waals surface area contributed by atoms with Gasteiger partial charge in [-0.2, -0.15) is 9.40 Å². The molecule has 218 valence electrons. The summed E-state index contributed by atoms with van der Waals surface area (Å²) in [5, 5.41) is 7.25. The molecule has 4 aromatic rings. The van der Waals surface area contributed by atoms with E-state index < -0.39 is 21.9 Å². The molecular formula is C31H31FN4O5S. The number of hydrogen-bond acceptors (Lipinski definition) is 6. The molecule has 1 unspecified atom stereocenters.